The van der Waals surface area contributed by atoms with E-state index in [1.807, 2.05) is 49.8 Å². The Morgan fingerprint density at radius 2 is 1.72 bits per heavy atom. The molecule has 0 radical (unpaired) electrons. The highest BCUT2D eigenvalue weighted by molar-refractivity contribution is 8.13. The number of benzene rings is 1. The van der Waals surface area contributed by atoms with Crippen molar-refractivity contribution in [2.24, 2.45) is 0 Å². The zero-order chi connectivity index (χ0) is 13.0. The quantitative estimate of drug-likeness (QED) is 0.227. The zero-order valence-corrected chi connectivity index (χ0v) is 13.8. The molecule has 1 N–H and O–H groups in total. The predicted molar refractivity (Wildman–Crippen MR) is 70.1 cm³/mol. The third-order valence-electron chi connectivity index (χ3n) is 2.08. The second kappa shape index (κ2) is 7.63. The normalized spacial score (nSPS) is 9.33. The van der Waals surface area contributed by atoms with Gasteiger partial charge in [0.05, 0.1) is 33.8 Å². The molecular weight excluding hydrogens is 363 g/mol. The van der Waals surface area contributed by atoms with Crippen LogP contribution in [0.4, 0.5) is 0 Å². The van der Waals surface area contributed by atoms with Gasteiger partial charge in [0, 0.05) is 4.90 Å². The largest absolute Gasteiger partial charge is 1.00 e. The van der Waals surface area contributed by atoms with E-state index in [1.54, 1.807) is 23.9 Å². The van der Waals surface area contributed by atoms with Gasteiger partial charge in [-0.05, 0) is 36.0 Å². The molecule has 0 aliphatic rings. The molecule has 6 heteroatoms. The second-order valence-corrected chi connectivity index (χ2v) is 5.04. The van der Waals surface area contributed by atoms with Gasteiger partial charge in [-0.25, -0.2) is 4.79 Å². The van der Waals surface area contributed by atoms with Crippen LogP contribution in [0.15, 0.2) is 29.2 Å². The highest BCUT2D eigenvalue weighted by atomic mass is 127. The van der Waals surface area contributed by atoms with Gasteiger partial charge in [0.2, 0.25) is 0 Å². The summed E-state index contributed by atoms with van der Waals surface area (Å²) in [4.78, 5) is 13.8. The molecule has 1 aromatic rings. The van der Waals surface area contributed by atoms with Crippen LogP contribution in [0.2, 0.25) is 0 Å². The van der Waals surface area contributed by atoms with Crippen LogP contribution in [0.1, 0.15) is 10.4 Å². The highest BCUT2D eigenvalue weighted by Gasteiger charge is 2.14. The smallest absolute Gasteiger partial charge is 0.335 e. The molecule has 0 aliphatic carbocycles. The monoisotopic (exact) mass is 380 g/mol. The molecule has 0 unspecified atom stereocenters. The van der Waals surface area contributed by atoms with Crippen molar-refractivity contribution < 1.29 is 38.5 Å². The van der Waals surface area contributed by atoms with Gasteiger partial charge in [-0.3, -0.25) is 9.48 Å². The molecule has 1 rings (SSSR count). The number of thioether (sulfide) groups is 1. The number of aromatic carboxylic acids is 1. The molecule has 0 fully saturated rings. The lowest BCUT2D eigenvalue weighted by Crippen LogP contribution is -3.00. The van der Waals surface area contributed by atoms with Crippen LogP contribution < -0.4 is 24.0 Å². The van der Waals surface area contributed by atoms with Gasteiger partial charge in [0.25, 0.3) is 0 Å². The minimum absolute atomic E-state index is 0. The maximum Gasteiger partial charge on any atom is 0.335 e. The Labute approximate surface area is 129 Å². The molecule has 0 heterocycles. The van der Waals surface area contributed by atoms with Crippen LogP contribution in [0.5, 0.6) is 0 Å². The molecule has 0 aromatic heterocycles. The first-order chi connectivity index (χ1) is 7.91. The first-order valence-corrected chi connectivity index (χ1v) is 5.96. The van der Waals surface area contributed by atoms with Gasteiger partial charge in [-0.15, -0.1) is 0 Å². The average Bonchev–Trinajstić information content (AvgIpc) is 2.25. The number of carboxylic acid groups (broad SMARTS) is 1. The van der Waals surface area contributed by atoms with Crippen molar-refractivity contribution in [2.75, 3.05) is 28.2 Å². The first-order valence-electron chi connectivity index (χ1n) is 5.14. The Kier molecular flexibility index (Phi) is 7.30. The van der Waals surface area contributed by atoms with Gasteiger partial charge in [0.1, 0.15) is 0 Å². The van der Waals surface area contributed by atoms with Crippen LogP contribution in [-0.4, -0.2) is 53.9 Å². The summed E-state index contributed by atoms with van der Waals surface area (Å²) in [6, 6.07) is 6.88. The lowest BCUT2D eigenvalue weighted by Gasteiger charge is -2.10. The standard InChI is InChI=1S/C12H16N2O2S.HI/c1-13(2)12(14(3)4)17-10-7-5-9(6-8-10)11(15)16;/h5-8H,1-4H3;1H. The van der Waals surface area contributed by atoms with Gasteiger partial charge in [-0.2, -0.15) is 0 Å². The first kappa shape index (κ1) is 17.2. The van der Waals surface area contributed by atoms with Gasteiger partial charge in [-0.1, -0.05) is 0 Å². The van der Waals surface area contributed by atoms with E-state index < -0.39 is 5.97 Å². The fourth-order valence-corrected chi connectivity index (χ4v) is 2.20. The van der Waals surface area contributed by atoms with E-state index >= 15 is 0 Å². The lowest BCUT2D eigenvalue weighted by molar-refractivity contribution is -0.466. The Hall–Kier alpha value is -0.760. The van der Waals surface area contributed by atoms with E-state index in [-0.39, 0.29) is 24.0 Å². The van der Waals surface area contributed by atoms with E-state index in [2.05, 4.69) is 0 Å². The Morgan fingerprint density at radius 3 is 2.06 bits per heavy atom. The number of hydrogen-bond donors (Lipinski definition) is 1. The van der Waals surface area contributed by atoms with E-state index in [4.69, 9.17) is 5.11 Å². The minimum atomic E-state index is -0.897. The van der Waals surface area contributed by atoms with Crippen molar-refractivity contribution >= 4 is 22.9 Å². The third kappa shape index (κ3) is 4.85. The number of rotatable bonds is 2. The fourth-order valence-electron chi connectivity index (χ4n) is 1.35. The summed E-state index contributed by atoms with van der Waals surface area (Å²) >= 11 is 1.60. The van der Waals surface area contributed by atoms with E-state index in [0.29, 0.717) is 5.56 Å². The van der Waals surface area contributed by atoms with Crippen LogP contribution in [0.3, 0.4) is 0 Å². The topological polar surface area (TPSA) is 43.6 Å². The van der Waals surface area contributed by atoms with Gasteiger partial charge in [0.15, 0.2) is 0 Å². The number of carbonyl (C=O) groups is 1. The second-order valence-electron chi connectivity index (χ2n) is 4.00. The Morgan fingerprint density at radius 1 is 1.22 bits per heavy atom. The summed E-state index contributed by atoms with van der Waals surface area (Å²) in [5.41, 5.74) is 0.311. The van der Waals surface area contributed by atoms with E-state index in [1.165, 1.54) is 0 Å². The van der Waals surface area contributed by atoms with Crippen molar-refractivity contribution in [3.05, 3.63) is 29.8 Å². The number of carboxylic acids is 1. The number of halogens is 1. The maximum absolute atomic E-state index is 10.7. The number of amidine groups is 1. The molecule has 0 amide bonds. The molecule has 0 spiro atoms. The number of hydrogen-bond acceptors (Lipinski definition) is 2. The summed E-state index contributed by atoms with van der Waals surface area (Å²) in [5.74, 6) is -0.897. The Balaban J connectivity index is 0.00000289. The third-order valence-corrected chi connectivity index (χ3v) is 3.50. The Bertz CT molecular complexity index is 440. The predicted octanol–water partition coefficient (Wildman–Crippen LogP) is -1.33. The molecule has 0 atom stereocenters. The van der Waals surface area contributed by atoms with Crippen molar-refractivity contribution in [3.8, 4) is 0 Å². The van der Waals surface area contributed by atoms with Crippen LogP contribution in [0, 0.1) is 0 Å². The molecule has 0 saturated carbocycles. The molecule has 100 valence electrons. The SMILES string of the molecule is CN(C)C(Sc1ccc(C(=O)O)cc1)=[N+](C)C.[I-]. The molecule has 4 nitrogen and oxygen atoms in total. The van der Waals surface area contributed by atoms with E-state index in [9.17, 15) is 4.79 Å². The van der Waals surface area contributed by atoms with Crippen LogP contribution in [0.25, 0.3) is 0 Å². The minimum Gasteiger partial charge on any atom is -1.00 e. The molecule has 18 heavy (non-hydrogen) atoms. The summed E-state index contributed by atoms with van der Waals surface area (Å²) in [7, 11) is 7.92. The van der Waals surface area contributed by atoms with Gasteiger partial charge >= 0.3 is 11.1 Å². The molecular formula is C12H17IN2O2S. The molecule has 0 aliphatic heterocycles. The van der Waals surface area contributed by atoms with Crippen molar-refractivity contribution in [2.45, 2.75) is 4.90 Å². The molecule has 0 bridgehead atoms. The van der Waals surface area contributed by atoms with E-state index in [0.717, 1.165) is 10.1 Å². The summed E-state index contributed by atoms with van der Waals surface area (Å²) in [6.45, 7) is 0. The molecule has 0 saturated heterocycles. The molecule has 1 aromatic carbocycles. The van der Waals surface area contributed by atoms with Crippen molar-refractivity contribution in [3.63, 3.8) is 0 Å². The highest BCUT2D eigenvalue weighted by Crippen LogP contribution is 2.20. The average molecular weight is 380 g/mol. The fraction of sp³-hybridized carbons (Fsp3) is 0.333. The number of nitrogens with zero attached hydrogens (tertiary/aromatic N) is 2. The summed E-state index contributed by atoms with van der Waals surface area (Å²) in [5, 5.41) is 9.90. The summed E-state index contributed by atoms with van der Waals surface area (Å²) in [6.07, 6.45) is 0. The van der Waals surface area contributed by atoms with Crippen molar-refractivity contribution in [1.82, 2.24) is 4.90 Å². The lowest BCUT2D eigenvalue weighted by atomic mass is 10.2. The van der Waals surface area contributed by atoms with Crippen molar-refractivity contribution in [1.29, 1.82) is 0 Å². The van der Waals surface area contributed by atoms with Gasteiger partial charge < -0.3 is 29.1 Å². The maximum atomic E-state index is 10.7. The zero-order valence-electron chi connectivity index (χ0n) is 10.8. The summed E-state index contributed by atoms with van der Waals surface area (Å²) < 4.78 is 2.02. The van der Waals surface area contributed by atoms with Crippen LogP contribution in [-0.2, 0) is 0 Å². The van der Waals surface area contributed by atoms with Crippen LogP contribution >= 0.6 is 11.8 Å².